The minimum absolute atomic E-state index is 0.380. The quantitative estimate of drug-likeness (QED) is 0.621. The van der Waals surface area contributed by atoms with E-state index < -0.39 is 7.12 Å². The number of rotatable bonds is 3. The normalized spacial score (nSPS) is 23.5. The average molecular weight is 330 g/mol. The van der Waals surface area contributed by atoms with Crippen LogP contribution in [0.3, 0.4) is 0 Å². The molecule has 0 unspecified atom stereocenters. The molecule has 130 valence electrons. The van der Waals surface area contributed by atoms with Crippen LogP contribution in [0, 0.1) is 0 Å². The van der Waals surface area contributed by atoms with Gasteiger partial charge in [-0.05, 0) is 52.3 Å². The molecule has 5 nitrogen and oxygen atoms in total. The van der Waals surface area contributed by atoms with Gasteiger partial charge in [0.15, 0.2) is 6.29 Å². The molecule has 6 heteroatoms. The van der Waals surface area contributed by atoms with Gasteiger partial charge in [-0.3, -0.25) is 4.79 Å². The van der Waals surface area contributed by atoms with Crippen molar-refractivity contribution >= 4 is 24.6 Å². The standard InChI is InChI=1S/C18H27BN2O3/c1-17(2)18(3,4)24-19(23-17)15-6-7-16(14(12-15)13-22)21-10-8-20(5)9-11-21/h6-7,12-13H,8-11H2,1-5H3. The molecule has 0 radical (unpaired) electrons. The fourth-order valence-electron chi connectivity index (χ4n) is 3.13. The molecule has 0 amide bonds. The van der Waals surface area contributed by atoms with Crippen LogP contribution in [0.1, 0.15) is 38.1 Å². The number of benzene rings is 1. The van der Waals surface area contributed by atoms with Crippen molar-refractivity contribution in [3.63, 3.8) is 0 Å². The first-order chi connectivity index (χ1) is 11.2. The third kappa shape index (κ3) is 3.10. The molecule has 3 rings (SSSR count). The van der Waals surface area contributed by atoms with Crippen LogP contribution in [0.15, 0.2) is 18.2 Å². The van der Waals surface area contributed by atoms with Crippen molar-refractivity contribution in [2.45, 2.75) is 38.9 Å². The Kier molecular flexibility index (Phi) is 4.49. The zero-order valence-electron chi connectivity index (χ0n) is 15.3. The van der Waals surface area contributed by atoms with E-state index in [1.807, 2.05) is 45.9 Å². The molecule has 2 heterocycles. The van der Waals surface area contributed by atoms with Crippen LogP contribution >= 0.6 is 0 Å². The maximum atomic E-state index is 11.6. The van der Waals surface area contributed by atoms with Gasteiger partial charge in [0, 0.05) is 37.4 Å². The molecule has 0 aromatic heterocycles. The number of carbonyl (C=O) groups excluding carboxylic acids is 1. The minimum Gasteiger partial charge on any atom is -0.399 e. The van der Waals surface area contributed by atoms with Crippen molar-refractivity contribution in [1.82, 2.24) is 4.90 Å². The molecule has 2 fully saturated rings. The highest BCUT2D eigenvalue weighted by Gasteiger charge is 2.51. The lowest BCUT2D eigenvalue weighted by Gasteiger charge is -2.34. The second-order valence-electron chi connectivity index (χ2n) is 7.81. The van der Waals surface area contributed by atoms with Gasteiger partial charge in [-0.2, -0.15) is 0 Å². The average Bonchev–Trinajstić information content (AvgIpc) is 2.76. The van der Waals surface area contributed by atoms with Gasteiger partial charge >= 0.3 is 7.12 Å². The first-order valence-electron chi connectivity index (χ1n) is 8.62. The zero-order valence-corrected chi connectivity index (χ0v) is 15.3. The predicted octanol–water partition coefficient (Wildman–Crippen LogP) is 1.55. The lowest BCUT2D eigenvalue weighted by atomic mass is 9.78. The van der Waals surface area contributed by atoms with E-state index in [9.17, 15) is 4.79 Å². The van der Waals surface area contributed by atoms with Gasteiger partial charge in [0.1, 0.15) is 0 Å². The van der Waals surface area contributed by atoms with Crippen LogP contribution in [-0.2, 0) is 9.31 Å². The summed E-state index contributed by atoms with van der Waals surface area (Å²) >= 11 is 0. The first-order valence-corrected chi connectivity index (χ1v) is 8.62. The van der Waals surface area contributed by atoms with Gasteiger partial charge in [-0.1, -0.05) is 6.07 Å². The fraction of sp³-hybridized carbons (Fsp3) is 0.611. The Hall–Kier alpha value is -1.37. The summed E-state index contributed by atoms with van der Waals surface area (Å²) in [6, 6.07) is 5.95. The number of piperazine rings is 1. The molecule has 2 aliphatic rings. The number of nitrogens with zero attached hydrogens (tertiary/aromatic N) is 2. The minimum atomic E-state index is -0.435. The smallest absolute Gasteiger partial charge is 0.399 e. The van der Waals surface area contributed by atoms with E-state index in [0.29, 0.717) is 5.56 Å². The summed E-state index contributed by atoms with van der Waals surface area (Å²) in [7, 11) is 1.69. The van der Waals surface area contributed by atoms with E-state index >= 15 is 0 Å². The molecule has 0 aliphatic carbocycles. The number of carbonyl (C=O) groups is 1. The maximum Gasteiger partial charge on any atom is 0.494 e. The summed E-state index contributed by atoms with van der Waals surface area (Å²) in [6.45, 7) is 12.0. The molecular weight excluding hydrogens is 303 g/mol. The second-order valence-corrected chi connectivity index (χ2v) is 7.81. The molecule has 0 atom stereocenters. The largest absolute Gasteiger partial charge is 0.494 e. The van der Waals surface area contributed by atoms with Crippen molar-refractivity contribution in [2.24, 2.45) is 0 Å². The van der Waals surface area contributed by atoms with E-state index in [0.717, 1.165) is 43.6 Å². The number of aldehydes is 1. The third-order valence-corrected chi connectivity index (χ3v) is 5.55. The molecular formula is C18H27BN2O3. The third-order valence-electron chi connectivity index (χ3n) is 5.55. The topological polar surface area (TPSA) is 42.0 Å². The predicted molar refractivity (Wildman–Crippen MR) is 97.3 cm³/mol. The van der Waals surface area contributed by atoms with E-state index in [-0.39, 0.29) is 11.2 Å². The highest BCUT2D eigenvalue weighted by Crippen LogP contribution is 2.36. The van der Waals surface area contributed by atoms with Gasteiger partial charge in [0.25, 0.3) is 0 Å². The fourth-order valence-corrected chi connectivity index (χ4v) is 3.13. The summed E-state index contributed by atoms with van der Waals surface area (Å²) in [4.78, 5) is 16.2. The van der Waals surface area contributed by atoms with Gasteiger partial charge in [-0.15, -0.1) is 0 Å². The van der Waals surface area contributed by atoms with Crippen LogP contribution in [0.5, 0.6) is 0 Å². The van der Waals surface area contributed by atoms with Crippen LogP contribution in [0.2, 0.25) is 0 Å². The van der Waals surface area contributed by atoms with Gasteiger partial charge in [0.05, 0.1) is 11.2 Å². The summed E-state index contributed by atoms with van der Waals surface area (Å²) in [6.07, 6.45) is 0.933. The molecule has 0 N–H and O–H groups in total. The van der Waals surface area contributed by atoms with Gasteiger partial charge in [0.2, 0.25) is 0 Å². The van der Waals surface area contributed by atoms with Crippen molar-refractivity contribution < 1.29 is 14.1 Å². The number of likely N-dealkylation sites (N-methyl/N-ethyl adjacent to an activating group) is 1. The van der Waals surface area contributed by atoms with Crippen molar-refractivity contribution in [3.8, 4) is 0 Å². The van der Waals surface area contributed by atoms with Crippen molar-refractivity contribution in [1.29, 1.82) is 0 Å². The Balaban J connectivity index is 1.84. The Morgan fingerprint density at radius 1 is 1.04 bits per heavy atom. The Morgan fingerprint density at radius 2 is 1.62 bits per heavy atom. The Morgan fingerprint density at radius 3 is 2.17 bits per heavy atom. The second kappa shape index (κ2) is 6.17. The van der Waals surface area contributed by atoms with Crippen LogP contribution < -0.4 is 10.4 Å². The number of hydrogen-bond acceptors (Lipinski definition) is 5. The summed E-state index contributed by atoms with van der Waals surface area (Å²) in [5.41, 5.74) is 1.84. The summed E-state index contributed by atoms with van der Waals surface area (Å²) < 4.78 is 12.2. The first kappa shape index (κ1) is 17.5. The van der Waals surface area contributed by atoms with Crippen LogP contribution in [-0.4, -0.2) is 62.7 Å². The highest BCUT2D eigenvalue weighted by molar-refractivity contribution is 6.62. The van der Waals surface area contributed by atoms with Crippen molar-refractivity contribution in [3.05, 3.63) is 23.8 Å². The molecule has 0 bridgehead atoms. The monoisotopic (exact) mass is 330 g/mol. The lowest BCUT2D eigenvalue weighted by molar-refractivity contribution is 0.00578. The molecule has 2 aliphatic heterocycles. The summed E-state index contributed by atoms with van der Waals surface area (Å²) in [5, 5.41) is 0. The molecule has 24 heavy (non-hydrogen) atoms. The molecule has 2 saturated heterocycles. The van der Waals surface area contributed by atoms with E-state index in [1.165, 1.54) is 0 Å². The van der Waals surface area contributed by atoms with E-state index in [2.05, 4.69) is 16.8 Å². The number of hydrogen-bond donors (Lipinski definition) is 0. The lowest BCUT2D eigenvalue weighted by Crippen LogP contribution is -2.45. The molecule has 1 aromatic rings. The van der Waals surface area contributed by atoms with Crippen molar-refractivity contribution in [2.75, 3.05) is 38.1 Å². The highest BCUT2D eigenvalue weighted by atomic mass is 16.7. The van der Waals surface area contributed by atoms with Crippen LogP contribution in [0.25, 0.3) is 0 Å². The molecule has 1 aromatic carbocycles. The van der Waals surface area contributed by atoms with Gasteiger partial charge in [-0.25, -0.2) is 0 Å². The summed E-state index contributed by atoms with van der Waals surface area (Å²) in [5.74, 6) is 0. The molecule has 0 saturated carbocycles. The van der Waals surface area contributed by atoms with E-state index in [4.69, 9.17) is 9.31 Å². The zero-order chi connectivity index (χ0) is 17.5. The Bertz CT molecular complexity index is 609. The SMILES string of the molecule is CN1CCN(c2ccc(B3OC(C)(C)C(C)(C)O3)cc2C=O)CC1. The Labute approximate surface area is 145 Å². The van der Waals surface area contributed by atoms with E-state index in [1.54, 1.807) is 0 Å². The van der Waals surface area contributed by atoms with Gasteiger partial charge < -0.3 is 19.1 Å². The maximum absolute atomic E-state index is 11.6. The number of anilines is 1. The molecule has 0 spiro atoms. The van der Waals surface area contributed by atoms with Crippen LogP contribution in [0.4, 0.5) is 5.69 Å².